The number of amides is 1. The monoisotopic (exact) mass is 275 g/mol. The van der Waals surface area contributed by atoms with Gasteiger partial charge in [-0.2, -0.15) is 0 Å². The maximum absolute atomic E-state index is 14.2. The molecule has 7 nitrogen and oxygen atoms in total. The number of carbonyl (C=O) groups excluding carboxylic acids is 1. The normalized spacial score (nSPS) is 41.2. The molecule has 5 atom stereocenters. The van der Waals surface area contributed by atoms with Gasteiger partial charge in [-0.1, -0.05) is 0 Å². The molecule has 1 amide bonds. The molecule has 19 heavy (non-hydrogen) atoms. The van der Waals surface area contributed by atoms with E-state index in [4.69, 9.17) is 5.11 Å². The smallest absolute Gasteiger partial charge is 0.342 e. The summed E-state index contributed by atoms with van der Waals surface area (Å²) in [5.74, 6) is -5.73. The maximum Gasteiger partial charge on any atom is 0.342 e. The van der Waals surface area contributed by atoms with Gasteiger partial charge in [0.2, 0.25) is 5.67 Å². The molecule has 2 fully saturated rings. The number of halogens is 1. The van der Waals surface area contributed by atoms with Crippen LogP contribution >= 0.6 is 0 Å². The highest BCUT2D eigenvalue weighted by Gasteiger charge is 2.83. The summed E-state index contributed by atoms with van der Waals surface area (Å²) >= 11 is 0. The van der Waals surface area contributed by atoms with Gasteiger partial charge in [0.05, 0.1) is 0 Å². The van der Waals surface area contributed by atoms with Crippen molar-refractivity contribution < 1.29 is 34.7 Å². The molecule has 0 saturated heterocycles. The van der Waals surface area contributed by atoms with E-state index in [1.165, 1.54) is 6.92 Å². The molecule has 0 aromatic rings. The SMILES string of the molecule is C[C@@H]([NH3+])C(=O)N[C@@]1(C(=O)O)CC[C@@H]2[C@H]1[C@@]2(F)C(=O)O. The molecule has 0 aromatic carbocycles. The zero-order chi connectivity index (χ0) is 14.6. The summed E-state index contributed by atoms with van der Waals surface area (Å²) in [5, 5.41) is 20.5. The molecule has 0 heterocycles. The van der Waals surface area contributed by atoms with E-state index in [1.807, 2.05) is 0 Å². The third-order valence-corrected chi connectivity index (χ3v) is 4.17. The van der Waals surface area contributed by atoms with Crippen LogP contribution in [0.5, 0.6) is 0 Å². The molecule has 0 aromatic heterocycles. The summed E-state index contributed by atoms with van der Waals surface area (Å²) in [7, 11) is 0. The average Bonchev–Trinajstić information content (AvgIpc) is 2.73. The van der Waals surface area contributed by atoms with Crippen LogP contribution in [-0.2, 0) is 14.4 Å². The fourth-order valence-corrected chi connectivity index (χ4v) is 3.11. The lowest BCUT2D eigenvalue weighted by molar-refractivity contribution is -0.398. The van der Waals surface area contributed by atoms with Gasteiger partial charge in [0, 0.05) is 11.8 Å². The highest BCUT2D eigenvalue weighted by atomic mass is 19.1. The summed E-state index contributed by atoms with van der Waals surface area (Å²) in [6, 6.07) is -0.701. The van der Waals surface area contributed by atoms with Gasteiger partial charge in [-0.15, -0.1) is 0 Å². The van der Waals surface area contributed by atoms with Gasteiger partial charge in [-0.25, -0.2) is 14.0 Å². The van der Waals surface area contributed by atoms with Gasteiger partial charge in [0.1, 0.15) is 5.54 Å². The third kappa shape index (κ3) is 1.62. The molecular formula is C11H16FN2O5+. The Kier molecular flexibility index (Phi) is 2.81. The molecule has 0 radical (unpaired) electrons. The van der Waals surface area contributed by atoms with E-state index in [9.17, 15) is 23.9 Å². The Balaban J connectivity index is 2.31. The van der Waals surface area contributed by atoms with Crippen molar-refractivity contribution >= 4 is 17.8 Å². The Morgan fingerprint density at radius 1 is 1.37 bits per heavy atom. The lowest BCUT2D eigenvalue weighted by Gasteiger charge is -2.29. The largest absolute Gasteiger partial charge is 0.479 e. The van der Waals surface area contributed by atoms with E-state index < -0.39 is 46.9 Å². The molecule has 2 saturated carbocycles. The number of nitrogens with one attached hydrogen (secondary N) is 1. The first-order chi connectivity index (χ1) is 8.68. The predicted molar refractivity (Wildman–Crippen MR) is 58.5 cm³/mol. The lowest BCUT2D eigenvalue weighted by Crippen LogP contribution is -2.69. The first-order valence-corrected chi connectivity index (χ1v) is 5.98. The van der Waals surface area contributed by atoms with Crippen molar-refractivity contribution in [2.24, 2.45) is 11.8 Å². The zero-order valence-corrected chi connectivity index (χ0v) is 10.4. The van der Waals surface area contributed by atoms with Crippen molar-refractivity contribution in [3.8, 4) is 0 Å². The predicted octanol–water partition coefficient (Wildman–Crippen LogP) is -1.61. The molecule has 2 aliphatic carbocycles. The van der Waals surface area contributed by atoms with Gasteiger partial charge in [-0.3, -0.25) is 4.79 Å². The van der Waals surface area contributed by atoms with E-state index in [0.717, 1.165) is 0 Å². The lowest BCUT2D eigenvalue weighted by atomic mass is 9.89. The topological polar surface area (TPSA) is 131 Å². The molecule has 2 rings (SSSR count). The summed E-state index contributed by atoms with van der Waals surface area (Å²) in [6.07, 6.45) is 0.167. The minimum absolute atomic E-state index is 0.0368. The first-order valence-electron chi connectivity index (χ1n) is 5.98. The number of hydrogen-bond donors (Lipinski definition) is 4. The van der Waals surface area contributed by atoms with Crippen LogP contribution in [-0.4, -0.2) is 45.3 Å². The number of carboxylic acid groups (broad SMARTS) is 2. The van der Waals surface area contributed by atoms with Crippen LogP contribution in [0.25, 0.3) is 0 Å². The Labute approximate surface area is 108 Å². The molecule has 0 bridgehead atoms. The second-order valence-electron chi connectivity index (χ2n) is 5.36. The molecule has 0 unspecified atom stereocenters. The van der Waals surface area contributed by atoms with Gasteiger partial charge >= 0.3 is 11.9 Å². The van der Waals surface area contributed by atoms with Crippen LogP contribution in [0.15, 0.2) is 0 Å². The molecule has 6 N–H and O–H groups in total. The number of hydrogen-bond acceptors (Lipinski definition) is 3. The van der Waals surface area contributed by atoms with Crippen LogP contribution in [0.2, 0.25) is 0 Å². The van der Waals surface area contributed by atoms with Gasteiger partial charge in [0.25, 0.3) is 5.91 Å². The average molecular weight is 275 g/mol. The summed E-state index contributed by atoms with van der Waals surface area (Å²) < 4.78 is 14.2. The molecule has 0 aliphatic heterocycles. The standard InChI is InChI=1S/C11H15FN2O5/c1-4(13)7(15)14-10(8(16)17)3-2-5-6(10)11(5,12)9(18)19/h4-6H,2-3,13H2,1H3,(H,14,15)(H,16,17)(H,18,19)/p+1/t4-,5-,6-,10+,11-/m1/s1. The highest BCUT2D eigenvalue weighted by Crippen LogP contribution is 2.67. The third-order valence-electron chi connectivity index (χ3n) is 4.17. The molecular weight excluding hydrogens is 259 g/mol. The first kappa shape index (κ1) is 13.7. The van der Waals surface area contributed by atoms with Crippen molar-refractivity contribution in [1.29, 1.82) is 0 Å². The summed E-state index contributed by atoms with van der Waals surface area (Å²) in [4.78, 5) is 34.0. The van der Waals surface area contributed by atoms with Gasteiger partial charge in [-0.05, 0) is 19.8 Å². The van der Waals surface area contributed by atoms with E-state index in [0.29, 0.717) is 0 Å². The molecule has 0 spiro atoms. The maximum atomic E-state index is 14.2. The van der Waals surface area contributed by atoms with Crippen LogP contribution in [0.3, 0.4) is 0 Å². The summed E-state index contributed by atoms with van der Waals surface area (Å²) in [6.45, 7) is 1.48. The van der Waals surface area contributed by atoms with E-state index >= 15 is 0 Å². The second kappa shape index (κ2) is 3.89. The molecule has 106 valence electrons. The molecule has 2 aliphatic rings. The van der Waals surface area contributed by atoms with Crippen molar-refractivity contribution in [3.05, 3.63) is 0 Å². The number of rotatable bonds is 4. The van der Waals surface area contributed by atoms with Crippen molar-refractivity contribution in [2.45, 2.75) is 37.0 Å². The fourth-order valence-electron chi connectivity index (χ4n) is 3.11. The number of carbonyl (C=O) groups is 3. The number of quaternary nitrogens is 1. The van der Waals surface area contributed by atoms with Gasteiger partial charge in [0.15, 0.2) is 6.04 Å². The Morgan fingerprint density at radius 3 is 2.32 bits per heavy atom. The fraction of sp³-hybridized carbons (Fsp3) is 0.727. The van der Waals surface area contributed by atoms with Crippen molar-refractivity contribution in [1.82, 2.24) is 5.32 Å². The van der Waals surface area contributed by atoms with Gasteiger partial charge < -0.3 is 21.3 Å². The van der Waals surface area contributed by atoms with E-state index in [2.05, 4.69) is 11.1 Å². The van der Waals surface area contributed by atoms with Crippen molar-refractivity contribution in [2.75, 3.05) is 0 Å². The van der Waals surface area contributed by atoms with Crippen LogP contribution in [0, 0.1) is 11.8 Å². The molecule has 8 heteroatoms. The van der Waals surface area contributed by atoms with Crippen LogP contribution in [0.1, 0.15) is 19.8 Å². The Morgan fingerprint density at radius 2 is 1.95 bits per heavy atom. The van der Waals surface area contributed by atoms with Crippen molar-refractivity contribution in [3.63, 3.8) is 0 Å². The highest BCUT2D eigenvalue weighted by molar-refractivity contribution is 5.94. The van der Waals surface area contributed by atoms with Crippen LogP contribution < -0.4 is 11.1 Å². The quantitative estimate of drug-likeness (QED) is 0.490. The summed E-state index contributed by atoms with van der Waals surface area (Å²) in [5.41, 5.74) is -0.914. The Hall–Kier alpha value is -1.70. The van der Waals surface area contributed by atoms with E-state index in [-0.39, 0.29) is 12.8 Å². The number of alkyl halides is 1. The van der Waals surface area contributed by atoms with Crippen LogP contribution in [0.4, 0.5) is 4.39 Å². The number of carboxylic acids is 2. The second-order valence-corrected chi connectivity index (χ2v) is 5.36. The minimum Gasteiger partial charge on any atom is -0.479 e. The zero-order valence-electron chi connectivity index (χ0n) is 10.4. The minimum atomic E-state index is -2.55. The number of fused-ring (bicyclic) bond motifs is 1. The Bertz CT molecular complexity index is 468. The number of aliphatic carboxylic acids is 2. The van der Waals surface area contributed by atoms with E-state index in [1.54, 1.807) is 0 Å².